The number of nitro groups is 1. The molecule has 2 aliphatic carbocycles. The van der Waals surface area contributed by atoms with Crippen molar-refractivity contribution in [2.75, 3.05) is 14.2 Å². The van der Waals surface area contributed by atoms with Crippen LogP contribution in [0.25, 0.3) is 0 Å². The van der Waals surface area contributed by atoms with Crippen molar-refractivity contribution in [3.05, 3.63) is 86.2 Å². The molecule has 0 saturated heterocycles. The Bertz CT molecular complexity index is 1390. The molecule has 1 heterocycles. The minimum absolute atomic E-state index is 0.0965. The monoisotopic (exact) mass is 532 g/mol. The molecule has 3 aliphatic rings. The number of ether oxygens (including phenoxy) is 3. The molecule has 0 spiro atoms. The fourth-order valence-electron chi connectivity index (χ4n) is 6.02. The second-order valence-corrected chi connectivity index (χ2v) is 10.3. The van der Waals surface area contributed by atoms with Crippen molar-refractivity contribution in [1.29, 1.82) is 0 Å². The van der Waals surface area contributed by atoms with E-state index in [1.165, 1.54) is 12.1 Å². The molecule has 2 atom stereocenters. The average Bonchev–Trinajstić information content (AvgIpc) is 3.44. The molecule has 1 aliphatic heterocycles. The van der Waals surface area contributed by atoms with E-state index in [0.717, 1.165) is 36.9 Å². The maximum Gasteiger partial charge on any atom is 0.337 e. The van der Waals surface area contributed by atoms with Gasteiger partial charge in [0.05, 0.1) is 24.7 Å². The summed E-state index contributed by atoms with van der Waals surface area (Å²) in [6.07, 6.45) is 4.24. The first-order valence-electron chi connectivity index (χ1n) is 13.2. The standard InChI is InChI=1S/C30H32N2O7/c1-17-27(30(34)39-22-9-4-5-10-22)28(19-7-6-8-21(13-19)32(35)36)29-23(31-17)14-20(15-24(29)33)18-11-12-25(37-2)26(16-18)38-3/h6-8,11-13,16,20,22,28,31H,4-5,9-10,14-15H2,1-3H3. The molecule has 1 N–H and O–H groups in total. The summed E-state index contributed by atoms with van der Waals surface area (Å²) in [5.74, 6) is -0.276. The van der Waals surface area contributed by atoms with E-state index in [1.54, 1.807) is 33.3 Å². The smallest absolute Gasteiger partial charge is 0.337 e. The van der Waals surface area contributed by atoms with Crippen LogP contribution in [0.4, 0.5) is 5.69 Å². The van der Waals surface area contributed by atoms with Crippen LogP contribution in [0, 0.1) is 10.1 Å². The Kier molecular flexibility index (Phi) is 7.41. The molecule has 9 heteroatoms. The van der Waals surface area contributed by atoms with E-state index in [0.29, 0.717) is 40.3 Å². The fourth-order valence-corrected chi connectivity index (χ4v) is 6.02. The molecule has 1 saturated carbocycles. The first-order valence-corrected chi connectivity index (χ1v) is 13.2. The van der Waals surface area contributed by atoms with Crippen LogP contribution in [0.3, 0.4) is 0 Å². The van der Waals surface area contributed by atoms with Crippen molar-refractivity contribution in [3.63, 3.8) is 0 Å². The van der Waals surface area contributed by atoms with Gasteiger partial charge in [-0.2, -0.15) is 0 Å². The Balaban J connectivity index is 1.55. The summed E-state index contributed by atoms with van der Waals surface area (Å²) < 4.78 is 16.7. The van der Waals surface area contributed by atoms with Gasteiger partial charge in [-0.05, 0) is 68.2 Å². The van der Waals surface area contributed by atoms with Crippen molar-refractivity contribution >= 4 is 17.4 Å². The molecule has 0 radical (unpaired) electrons. The van der Waals surface area contributed by atoms with Crippen molar-refractivity contribution in [2.45, 2.75) is 63.4 Å². The highest BCUT2D eigenvalue weighted by molar-refractivity contribution is 6.04. The van der Waals surface area contributed by atoms with Crippen molar-refractivity contribution in [1.82, 2.24) is 5.32 Å². The second-order valence-electron chi connectivity index (χ2n) is 10.3. The Hall–Kier alpha value is -4.14. The Labute approximate surface area is 227 Å². The third kappa shape index (κ3) is 5.13. The van der Waals surface area contributed by atoms with Crippen LogP contribution < -0.4 is 14.8 Å². The van der Waals surface area contributed by atoms with E-state index < -0.39 is 16.8 Å². The quantitative estimate of drug-likeness (QED) is 0.284. The molecule has 204 valence electrons. The molecule has 1 fully saturated rings. The zero-order valence-corrected chi connectivity index (χ0v) is 22.3. The van der Waals surface area contributed by atoms with Crippen molar-refractivity contribution in [3.8, 4) is 11.5 Å². The van der Waals surface area contributed by atoms with Gasteiger partial charge in [0.15, 0.2) is 17.3 Å². The number of nitro benzene ring substituents is 1. The lowest BCUT2D eigenvalue weighted by molar-refractivity contribution is -0.384. The van der Waals surface area contributed by atoms with Gasteiger partial charge in [-0.25, -0.2) is 4.79 Å². The van der Waals surface area contributed by atoms with Gasteiger partial charge in [0.25, 0.3) is 5.69 Å². The number of esters is 1. The number of carbonyl (C=O) groups is 2. The van der Waals surface area contributed by atoms with Gasteiger partial charge >= 0.3 is 5.97 Å². The molecule has 2 aromatic carbocycles. The number of hydrogen-bond donors (Lipinski definition) is 1. The number of hydrogen-bond acceptors (Lipinski definition) is 8. The highest BCUT2D eigenvalue weighted by Gasteiger charge is 2.42. The van der Waals surface area contributed by atoms with E-state index >= 15 is 0 Å². The number of dihydropyridines is 1. The van der Waals surface area contributed by atoms with Crippen LogP contribution >= 0.6 is 0 Å². The van der Waals surface area contributed by atoms with E-state index in [1.807, 2.05) is 18.2 Å². The number of non-ortho nitro benzene ring substituents is 1. The van der Waals surface area contributed by atoms with E-state index in [2.05, 4.69) is 5.32 Å². The summed E-state index contributed by atoms with van der Waals surface area (Å²) in [5.41, 5.74) is 3.48. The molecule has 0 aromatic heterocycles. The molecular weight excluding hydrogens is 500 g/mol. The largest absolute Gasteiger partial charge is 0.493 e. The average molecular weight is 533 g/mol. The highest BCUT2D eigenvalue weighted by atomic mass is 16.6. The summed E-state index contributed by atoms with van der Waals surface area (Å²) in [4.78, 5) is 38.5. The van der Waals surface area contributed by atoms with Crippen molar-refractivity contribution in [2.24, 2.45) is 0 Å². The van der Waals surface area contributed by atoms with Crippen molar-refractivity contribution < 1.29 is 28.7 Å². The lowest BCUT2D eigenvalue weighted by Gasteiger charge is -2.37. The van der Waals surface area contributed by atoms with Gasteiger partial charge < -0.3 is 19.5 Å². The number of methoxy groups -OCH3 is 2. The van der Waals surface area contributed by atoms with Crippen LogP contribution in [0.15, 0.2) is 65.0 Å². The molecule has 2 unspecified atom stereocenters. The summed E-state index contributed by atoms with van der Waals surface area (Å²) in [6.45, 7) is 1.80. The van der Waals surface area contributed by atoms with Crippen LogP contribution in [0.2, 0.25) is 0 Å². The van der Waals surface area contributed by atoms with Gasteiger partial charge in [0.1, 0.15) is 6.10 Å². The SMILES string of the molecule is COc1ccc(C2CC(=O)C3=C(C2)NC(C)=C(C(=O)OC2CCCC2)C3c2cccc([N+](=O)[O-])c2)cc1OC. The number of carbonyl (C=O) groups excluding carboxylic acids is 2. The molecular formula is C30H32N2O7. The summed E-state index contributed by atoms with van der Waals surface area (Å²) >= 11 is 0. The minimum Gasteiger partial charge on any atom is -0.493 e. The minimum atomic E-state index is -0.756. The predicted octanol–water partition coefficient (Wildman–Crippen LogP) is 5.46. The fraction of sp³-hybridized carbons (Fsp3) is 0.400. The molecule has 39 heavy (non-hydrogen) atoms. The van der Waals surface area contributed by atoms with Gasteiger partial charge in [-0.15, -0.1) is 0 Å². The molecule has 0 bridgehead atoms. The Morgan fingerprint density at radius 3 is 2.44 bits per heavy atom. The number of rotatable bonds is 7. The van der Waals surface area contributed by atoms with E-state index in [-0.39, 0.29) is 29.9 Å². The van der Waals surface area contributed by atoms with Crippen LogP contribution in [0.1, 0.15) is 68.4 Å². The van der Waals surface area contributed by atoms with Crippen LogP contribution in [-0.4, -0.2) is 37.0 Å². The zero-order chi connectivity index (χ0) is 27.7. The maximum atomic E-state index is 13.8. The molecule has 2 aromatic rings. The lowest BCUT2D eigenvalue weighted by Crippen LogP contribution is -2.36. The van der Waals surface area contributed by atoms with Gasteiger partial charge in [-0.1, -0.05) is 18.2 Å². The third-order valence-electron chi connectivity index (χ3n) is 7.92. The third-order valence-corrected chi connectivity index (χ3v) is 7.92. The van der Waals surface area contributed by atoms with E-state index in [4.69, 9.17) is 14.2 Å². The van der Waals surface area contributed by atoms with Gasteiger partial charge in [-0.3, -0.25) is 14.9 Å². The highest BCUT2D eigenvalue weighted by Crippen LogP contribution is 2.47. The maximum absolute atomic E-state index is 13.8. The van der Waals surface area contributed by atoms with Gasteiger partial charge in [0, 0.05) is 41.4 Å². The zero-order valence-electron chi connectivity index (χ0n) is 22.3. The molecule has 9 nitrogen and oxygen atoms in total. The number of nitrogens with one attached hydrogen (secondary N) is 1. The van der Waals surface area contributed by atoms with E-state index in [9.17, 15) is 19.7 Å². The molecule has 5 rings (SSSR count). The van der Waals surface area contributed by atoms with Crippen LogP contribution in [0.5, 0.6) is 11.5 Å². The normalized spacial score (nSPS) is 21.4. The Morgan fingerprint density at radius 1 is 1.00 bits per heavy atom. The topological polar surface area (TPSA) is 117 Å². The lowest BCUT2D eigenvalue weighted by atomic mass is 9.71. The Morgan fingerprint density at radius 2 is 1.74 bits per heavy atom. The van der Waals surface area contributed by atoms with Gasteiger partial charge in [0.2, 0.25) is 0 Å². The first-order chi connectivity index (χ1) is 18.8. The number of allylic oxidation sites excluding steroid dienone is 3. The van der Waals surface area contributed by atoms with Crippen LogP contribution in [-0.2, 0) is 14.3 Å². The molecule has 0 amide bonds. The number of nitrogens with zero attached hydrogens (tertiary/aromatic N) is 1. The summed E-state index contributed by atoms with van der Waals surface area (Å²) in [7, 11) is 3.14. The number of Topliss-reactive ketones (excluding diaryl/α,β-unsaturated/α-hetero) is 1. The first kappa shape index (κ1) is 26.5. The predicted molar refractivity (Wildman–Crippen MR) is 144 cm³/mol. The summed E-state index contributed by atoms with van der Waals surface area (Å²) in [6, 6.07) is 11.8. The number of ketones is 1. The second kappa shape index (κ2) is 10.9. The summed E-state index contributed by atoms with van der Waals surface area (Å²) in [5, 5.41) is 14.9. The number of benzene rings is 2.